The molecular formula is C24H23ClN4O. The van der Waals surface area contributed by atoms with Gasteiger partial charge in [0, 0.05) is 28.6 Å². The summed E-state index contributed by atoms with van der Waals surface area (Å²) < 4.78 is 0. The molecule has 1 heterocycles. The first-order chi connectivity index (χ1) is 14.6. The number of phenols is 1. The molecule has 4 N–H and O–H groups in total. The van der Waals surface area contributed by atoms with Crippen LogP contribution < -0.4 is 11.1 Å². The van der Waals surface area contributed by atoms with E-state index in [1.54, 1.807) is 6.07 Å². The highest BCUT2D eigenvalue weighted by Gasteiger charge is 2.15. The fourth-order valence-corrected chi connectivity index (χ4v) is 3.53. The lowest BCUT2D eigenvalue weighted by Gasteiger charge is -2.15. The number of aromatic hydroxyl groups is 1. The van der Waals surface area contributed by atoms with Gasteiger partial charge in [-0.1, -0.05) is 54.9 Å². The summed E-state index contributed by atoms with van der Waals surface area (Å²) in [7, 11) is 0. The molecule has 4 rings (SSSR count). The van der Waals surface area contributed by atoms with E-state index in [4.69, 9.17) is 27.3 Å². The number of fused-ring (bicyclic) bond motifs is 1. The third kappa shape index (κ3) is 4.08. The van der Waals surface area contributed by atoms with Crippen LogP contribution >= 0.6 is 11.6 Å². The molecule has 0 amide bonds. The van der Waals surface area contributed by atoms with Crippen molar-refractivity contribution in [1.29, 1.82) is 0 Å². The van der Waals surface area contributed by atoms with E-state index in [2.05, 4.69) is 5.32 Å². The number of rotatable bonds is 6. The molecule has 0 aliphatic rings. The van der Waals surface area contributed by atoms with Crippen LogP contribution in [0.4, 0.5) is 5.82 Å². The molecule has 3 aromatic carbocycles. The summed E-state index contributed by atoms with van der Waals surface area (Å²) in [6.07, 6.45) is 0.865. The largest absolute Gasteiger partial charge is 0.507 e. The number of para-hydroxylation sites is 1. The van der Waals surface area contributed by atoms with Crippen molar-refractivity contribution in [3.63, 3.8) is 0 Å². The minimum atomic E-state index is 0.0270. The van der Waals surface area contributed by atoms with Crippen molar-refractivity contribution in [2.45, 2.75) is 19.4 Å². The Morgan fingerprint density at radius 3 is 2.57 bits per heavy atom. The van der Waals surface area contributed by atoms with E-state index in [1.807, 2.05) is 67.6 Å². The van der Waals surface area contributed by atoms with Crippen LogP contribution in [0.2, 0.25) is 5.02 Å². The van der Waals surface area contributed by atoms with Crippen LogP contribution in [0, 0.1) is 0 Å². The Kier molecular flexibility index (Phi) is 5.84. The molecule has 1 atom stereocenters. The number of benzene rings is 3. The summed E-state index contributed by atoms with van der Waals surface area (Å²) in [5.74, 6) is 1.24. The van der Waals surface area contributed by atoms with Gasteiger partial charge in [-0.2, -0.15) is 0 Å². The molecule has 0 saturated carbocycles. The predicted molar refractivity (Wildman–Crippen MR) is 124 cm³/mol. The zero-order valence-corrected chi connectivity index (χ0v) is 17.4. The van der Waals surface area contributed by atoms with Gasteiger partial charge in [-0.05, 0) is 42.3 Å². The Balaban J connectivity index is 1.83. The highest BCUT2D eigenvalue weighted by Crippen LogP contribution is 2.36. The van der Waals surface area contributed by atoms with Gasteiger partial charge in [0.1, 0.15) is 11.6 Å². The second-order valence-corrected chi connectivity index (χ2v) is 7.58. The van der Waals surface area contributed by atoms with Crippen LogP contribution in [0.25, 0.3) is 33.4 Å². The van der Waals surface area contributed by atoms with Gasteiger partial charge in [0.05, 0.1) is 11.1 Å². The lowest BCUT2D eigenvalue weighted by molar-refractivity contribution is 0.477. The average Bonchev–Trinajstić information content (AvgIpc) is 2.78. The molecule has 0 bridgehead atoms. The van der Waals surface area contributed by atoms with Crippen LogP contribution in [0.5, 0.6) is 5.75 Å². The molecule has 0 fully saturated rings. The number of hydrogen-bond acceptors (Lipinski definition) is 5. The summed E-state index contributed by atoms with van der Waals surface area (Å²) in [6, 6.07) is 20.8. The topological polar surface area (TPSA) is 84.1 Å². The minimum absolute atomic E-state index is 0.0270. The molecule has 1 aromatic heterocycles. The molecule has 5 nitrogen and oxygen atoms in total. The number of nitrogens with one attached hydrogen (secondary N) is 1. The molecule has 30 heavy (non-hydrogen) atoms. The Labute approximate surface area is 180 Å². The maximum absolute atomic E-state index is 10.6. The molecule has 152 valence electrons. The van der Waals surface area contributed by atoms with Gasteiger partial charge in [-0.25, -0.2) is 9.97 Å². The third-order valence-electron chi connectivity index (χ3n) is 5.08. The average molecular weight is 419 g/mol. The van der Waals surface area contributed by atoms with Crippen molar-refractivity contribution < 1.29 is 5.11 Å². The van der Waals surface area contributed by atoms with Crippen LogP contribution in [0.3, 0.4) is 0 Å². The Bertz CT molecular complexity index is 1190. The Morgan fingerprint density at radius 2 is 1.77 bits per heavy atom. The molecule has 0 aliphatic heterocycles. The quantitative estimate of drug-likeness (QED) is 0.386. The van der Waals surface area contributed by atoms with Gasteiger partial charge in [0.25, 0.3) is 0 Å². The van der Waals surface area contributed by atoms with Gasteiger partial charge >= 0.3 is 0 Å². The zero-order chi connectivity index (χ0) is 21.1. The van der Waals surface area contributed by atoms with Crippen molar-refractivity contribution in [3.8, 4) is 28.3 Å². The number of aromatic nitrogens is 2. The van der Waals surface area contributed by atoms with E-state index in [0.29, 0.717) is 28.8 Å². The number of hydrogen-bond donors (Lipinski definition) is 3. The standard InChI is InChI=1S/C24H23ClN4O/c1-2-16(26)14-27-23-18-8-4-6-10-21(18)28-24(29-23)19-13-15(11-12-22(19)30)17-7-3-5-9-20(17)25/h3-13,16,30H,2,14,26H2,1H3,(H,27,28,29)/t16-/m0/s1. The summed E-state index contributed by atoms with van der Waals surface area (Å²) in [4.78, 5) is 9.42. The van der Waals surface area contributed by atoms with Crippen molar-refractivity contribution in [3.05, 3.63) is 71.8 Å². The molecule has 4 aromatic rings. The number of halogens is 1. The van der Waals surface area contributed by atoms with Crippen LogP contribution in [0.15, 0.2) is 66.7 Å². The van der Waals surface area contributed by atoms with Crippen LogP contribution in [-0.2, 0) is 0 Å². The number of nitrogens with two attached hydrogens (primary N) is 1. The fraction of sp³-hybridized carbons (Fsp3) is 0.167. The second kappa shape index (κ2) is 8.69. The van der Waals surface area contributed by atoms with Gasteiger partial charge in [-0.15, -0.1) is 0 Å². The fourth-order valence-electron chi connectivity index (χ4n) is 3.28. The van der Waals surface area contributed by atoms with Crippen LogP contribution in [-0.4, -0.2) is 27.7 Å². The van der Waals surface area contributed by atoms with Gasteiger partial charge in [-0.3, -0.25) is 0 Å². The maximum atomic E-state index is 10.6. The van der Waals surface area contributed by atoms with Crippen molar-refractivity contribution in [2.75, 3.05) is 11.9 Å². The van der Waals surface area contributed by atoms with E-state index in [1.165, 1.54) is 0 Å². The highest BCUT2D eigenvalue weighted by molar-refractivity contribution is 6.33. The zero-order valence-electron chi connectivity index (χ0n) is 16.6. The van der Waals surface area contributed by atoms with E-state index in [0.717, 1.165) is 28.5 Å². The lowest BCUT2D eigenvalue weighted by atomic mass is 10.0. The molecule has 0 spiro atoms. The summed E-state index contributed by atoms with van der Waals surface area (Å²) in [6.45, 7) is 2.65. The van der Waals surface area contributed by atoms with Gasteiger partial charge in [0.15, 0.2) is 5.82 Å². The molecule has 6 heteroatoms. The first-order valence-electron chi connectivity index (χ1n) is 9.91. The van der Waals surface area contributed by atoms with Gasteiger partial charge in [0.2, 0.25) is 0 Å². The Morgan fingerprint density at radius 1 is 1.00 bits per heavy atom. The molecule has 0 saturated heterocycles. The molecular weight excluding hydrogens is 396 g/mol. The van der Waals surface area contributed by atoms with E-state index >= 15 is 0 Å². The van der Waals surface area contributed by atoms with E-state index < -0.39 is 0 Å². The summed E-state index contributed by atoms with van der Waals surface area (Å²) in [5, 5.41) is 15.5. The SMILES string of the molecule is CC[C@H](N)CNc1nc(-c2cc(-c3ccccc3Cl)ccc2O)nc2ccccc12. The van der Waals surface area contributed by atoms with Gasteiger partial charge < -0.3 is 16.2 Å². The first kappa shape index (κ1) is 20.1. The number of phenolic OH excluding ortho intramolecular Hbond substituents is 1. The summed E-state index contributed by atoms with van der Waals surface area (Å²) >= 11 is 6.37. The van der Waals surface area contributed by atoms with Crippen molar-refractivity contribution in [1.82, 2.24) is 9.97 Å². The summed E-state index contributed by atoms with van der Waals surface area (Å²) in [5.41, 5.74) is 9.18. The maximum Gasteiger partial charge on any atom is 0.165 e. The molecule has 0 aliphatic carbocycles. The molecule has 0 unspecified atom stereocenters. The normalized spacial score (nSPS) is 12.1. The third-order valence-corrected chi connectivity index (χ3v) is 5.41. The first-order valence-corrected chi connectivity index (χ1v) is 10.3. The second-order valence-electron chi connectivity index (χ2n) is 7.17. The highest BCUT2D eigenvalue weighted by atomic mass is 35.5. The molecule has 0 radical (unpaired) electrons. The van der Waals surface area contributed by atoms with Crippen LogP contribution in [0.1, 0.15) is 13.3 Å². The predicted octanol–water partition coefficient (Wildman–Crippen LogP) is 5.47. The lowest BCUT2D eigenvalue weighted by Crippen LogP contribution is -2.28. The van der Waals surface area contributed by atoms with E-state index in [9.17, 15) is 5.11 Å². The van der Waals surface area contributed by atoms with Crippen molar-refractivity contribution in [2.24, 2.45) is 5.73 Å². The smallest absolute Gasteiger partial charge is 0.165 e. The monoisotopic (exact) mass is 418 g/mol. The minimum Gasteiger partial charge on any atom is -0.507 e. The number of nitrogens with zero attached hydrogens (tertiary/aromatic N) is 2. The number of anilines is 1. The van der Waals surface area contributed by atoms with Crippen molar-refractivity contribution >= 4 is 28.3 Å². The van der Waals surface area contributed by atoms with E-state index in [-0.39, 0.29) is 11.8 Å². The Hall–Kier alpha value is -3.15.